The van der Waals surface area contributed by atoms with Gasteiger partial charge in [0.2, 0.25) is 0 Å². The van der Waals surface area contributed by atoms with Gasteiger partial charge in [-0.05, 0) is 0 Å². The molecule has 0 aliphatic carbocycles. The molecule has 0 amide bonds. The molecule has 0 spiro atoms. The van der Waals surface area contributed by atoms with E-state index in [0.717, 1.165) is 0 Å². The van der Waals surface area contributed by atoms with Crippen molar-refractivity contribution in [3.05, 3.63) is 0 Å². The van der Waals surface area contributed by atoms with Crippen molar-refractivity contribution in [2.75, 3.05) is 0 Å². The van der Waals surface area contributed by atoms with Crippen LogP contribution in [-0.2, 0) is 4.39 Å². The standard InChI is InChI=1S/ClH2NOSi/c1-3-2-4/h4H2. The molecule has 0 fully saturated rings. The number of rotatable bonds is 1. The van der Waals surface area contributed by atoms with E-state index in [1.54, 1.807) is 0 Å². The second-order valence-corrected chi connectivity index (χ2v) is 0.594. The average molecular weight is 95.6 g/mol. The van der Waals surface area contributed by atoms with Crippen LogP contribution in [0.3, 0.4) is 0 Å². The molecule has 0 aliphatic heterocycles. The van der Waals surface area contributed by atoms with Gasteiger partial charge >= 0.3 is 0 Å². The Morgan fingerprint density at radius 2 is 2.25 bits per heavy atom. The predicted octanol–water partition coefficient (Wildman–Crippen LogP) is -0.111. The monoisotopic (exact) mass is 95.0 g/mol. The van der Waals surface area contributed by atoms with Crippen molar-refractivity contribution in [1.29, 1.82) is 0 Å². The lowest BCUT2D eigenvalue weighted by Gasteiger charge is -1.65. The van der Waals surface area contributed by atoms with Gasteiger partial charge in [-0.25, -0.2) is 0 Å². The maximum atomic E-state index is 4.53. The Labute approximate surface area is 32.0 Å². The van der Waals surface area contributed by atoms with Gasteiger partial charge in [0.1, 0.15) is 0 Å². The van der Waals surface area contributed by atoms with Crippen molar-refractivity contribution in [2.45, 2.75) is 0 Å². The summed E-state index contributed by atoms with van der Waals surface area (Å²) in [6, 6.07) is 0. The zero-order valence-corrected chi connectivity index (χ0v) is 4.11. The maximum absolute atomic E-state index is 4.53. The molecule has 0 aromatic carbocycles. The maximum Gasteiger partial charge on any atom is 0.165 e. The van der Waals surface area contributed by atoms with Crippen LogP contribution in [0.4, 0.5) is 0 Å². The third-order valence-corrected chi connectivity index (χ3v) is 0.439. The summed E-state index contributed by atoms with van der Waals surface area (Å²) >= 11 is 4.53. The lowest BCUT2D eigenvalue weighted by molar-refractivity contribution is 0.389. The summed E-state index contributed by atoms with van der Waals surface area (Å²) in [7, 11) is 1.29. The van der Waals surface area contributed by atoms with Crippen molar-refractivity contribution in [2.24, 2.45) is 4.80 Å². The van der Waals surface area contributed by atoms with Crippen molar-refractivity contribution >= 4 is 21.9 Å². The molecule has 0 atom stereocenters. The zero-order valence-electron chi connectivity index (χ0n) is 1.94. The quantitative estimate of drug-likeness (QED) is 0.329. The SMILES string of the molecule is [SiH2]=NOCl. The fraction of sp³-hybridized carbons (Fsp3) is 0. The van der Waals surface area contributed by atoms with Crippen molar-refractivity contribution in [3.8, 4) is 0 Å². The van der Waals surface area contributed by atoms with Crippen LogP contribution in [0.2, 0.25) is 0 Å². The molecule has 0 aliphatic rings. The van der Waals surface area contributed by atoms with Gasteiger partial charge < -0.3 is 0 Å². The summed E-state index contributed by atoms with van der Waals surface area (Å²) in [5, 5.41) is 0. The zero-order chi connectivity index (χ0) is 3.41. The summed E-state index contributed by atoms with van der Waals surface area (Å²) in [6.45, 7) is 0. The molecule has 0 bridgehead atoms. The molecule has 24 valence electrons. The highest BCUT2D eigenvalue weighted by Crippen LogP contribution is 1.70. The van der Waals surface area contributed by atoms with Gasteiger partial charge in [-0.1, -0.05) is 0 Å². The van der Waals surface area contributed by atoms with Crippen LogP contribution < -0.4 is 0 Å². The third kappa shape index (κ3) is 2.11. The van der Waals surface area contributed by atoms with E-state index in [1.165, 1.54) is 10.0 Å². The first-order valence-electron chi connectivity index (χ1n) is 0.653. The van der Waals surface area contributed by atoms with Crippen LogP contribution in [0.1, 0.15) is 0 Å². The fourth-order valence-corrected chi connectivity index (χ4v) is 0. The van der Waals surface area contributed by atoms with Gasteiger partial charge in [0.25, 0.3) is 0 Å². The Kier molecular flexibility index (Phi) is 3.19. The third-order valence-electron chi connectivity index (χ3n) is 0.0488. The summed E-state index contributed by atoms with van der Waals surface area (Å²) in [4.78, 5) is 3.03. The summed E-state index contributed by atoms with van der Waals surface area (Å²) in [5.74, 6) is 0. The van der Waals surface area contributed by atoms with E-state index in [-0.39, 0.29) is 0 Å². The number of hydrogen-bond acceptors (Lipinski definition) is 2. The van der Waals surface area contributed by atoms with Crippen LogP contribution in [0.25, 0.3) is 0 Å². The molecule has 2 nitrogen and oxygen atoms in total. The lowest BCUT2D eigenvalue weighted by atomic mass is 13.6. The van der Waals surface area contributed by atoms with E-state index >= 15 is 0 Å². The first kappa shape index (κ1) is 4.11. The first-order valence-corrected chi connectivity index (χ1v) is 1.59. The van der Waals surface area contributed by atoms with E-state index in [1.807, 2.05) is 0 Å². The van der Waals surface area contributed by atoms with E-state index in [4.69, 9.17) is 0 Å². The van der Waals surface area contributed by atoms with Gasteiger partial charge in [0, 0.05) is 0 Å². The van der Waals surface area contributed by atoms with Crippen LogP contribution in [-0.4, -0.2) is 10.0 Å². The molecule has 0 rings (SSSR count). The Hall–Kier alpha value is 0.107. The molecular formula is H2ClNOSi. The highest BCUT2D eigenvalue weighted by Gasteiger charge is 1.40. The number of halogens is 1. The van der Waals surface area contributed by atoms with Gasteiger partial charge in [-0.15, -0.1) is 4.80 Å². The number of nitrogens with zero attached hydrogens (tertiary/aromatic N) is 1. The first-order chi connectivity index (χ1) is 1.91. The minimum absolute atomic E-state index is 1.29. The predicted molar refractivity (Wildman–Crippen MR) is 17.9 cm³/mol. The summed E-state index contributed by atoms with van der Waals surface area (Å²) in [6.07, 6.45) is 0. The minimum atomic E-state index is 1.29. The Bertz CT molecular complexity index is 22.0. The van der Waals surface area contributed by atoms with E-state index < -0.39 is 0 Å². The molecule has 0 aromatic rings. The molecule has 0 saturated carbocycles. The fourth-order valence-electron chi connectivity index (χ4n) is 0. The van der Waals surface area contributed by atoms with E-state index in [9.17, 15) is 0 Å². The van der Waals surface area contributed by atoms with Crippen molar-refractivity contribution in [1.82, 2.24) is 0 Å². The molecule has 4 heteroatoms. The van der Waals surface area contributed by atoms with Crippen LogP contribution in [0, 0.1) is 0 Å². The topological polar surface area (TPSA) is 21.6 Å². The molecule has 0 aromatic heterocycles. The second kappa shape index (κ2) is 3.11. The lowest BCUT2D eigenvalue weighted by Crippen LogP contribution is -1.42. The molecule has 0 heterocycles. The Balaban J connectivity index is 2.30. The number of hydrogen-bond donors (Lipinski definition) is 0. The molecule has 0 radical (unpaired) electrons. The van der Waals surface area contributed by atoms with Gasteiger partial charge in [-0.3, -0.25) is 4.39 Å². The average Bonchev–Trinajstić information content (AvgIpc) is 1.37. The van der Waals surface area contributed by atoms with Crippen LogP contribution in [0.5, 0.6) is 0 Å². The van der Waals surface area contributed by atoms with Gasteiger partial charge in [-0.2, -0.15) is 0 Å². The van der Waals surface area contributed by atoms with E-state index in [0.29, 0.717) is 0 Å². The van der Waals surface area contributed by atoms with Crippen LogP contribution in [0.15, 0.2) is 4.80 Å². The van der Waals surface area contributed by atoms with Crippen molar-refractivity contribution < 1.29 is 4.39 Å². The highest BCUT2D eigenvalue weighted by molar-refractivity contribution is 6.08. The summed E-state index contributed by atoms with van der Waals surface area (Å²) in [5.41, 5.74) is 0. The highest BCUT2D eigenvalue weighted by atomic mass is 35.5. The largest absolute Gasteiger partial charge is 0.289 e. The molecule has 0 N–H and O–H groups in total. The summed E-state index contributed by atoms with van der Waals surface area (Å²) < 4.78 is 3.65. The molecule has 0 unspecified atom stereocenters. The van der Waals surface area contributed by atoms with Gasteiger partial charge in [0.15, 0.2) is 21.9 Å². The van der Waals surface area contributed by atoms with Gasteiger partial charge in [0.05, 0.1) is 0 Å². The second-order valence-electron chi connectivity index (χ2n) is 0.198. The van der Waals surface area contributed by atoms with Crippen molar-refractivity contribution in [3.63, 3.8) is 0 Å². The minimum Gasteiger partial charge on any atom is -0.289 e. The molecule has 4 heavy (non-hydrogen) atoms. The Morgan fingerprint density at radius 1 is 2.00 bits per heavy atom. The van der Waals surface area contributed by atoms with Crippen LogP contribution >= 0.6 is 11.9 Å². The normalized spacial score (nSPS) is 5.25. The molecule has 0 saturated heterocycles. The molecular weight excluding hydrogens is 93.5 g/mol. The van der Waals surface area contributed by atoms with E-state index in [2.05, 4.69) is 21.1 Å². The Morgan fingerprint density at radius 3 is 2.25 bits per heavy atom. The smallest absolute Gasteiger partial charge is 0.165 e.